The van der Waals surface area contributed by atoms with Crippen LogP contribution in [0.2, 0.25) is 10.0 Å². The lowest BCUT2D eigenvalue weighted by molar-refractivity contribution is 0.102. The summed E-state index contributed by atoms with van der Waals surface area (Å²) in [4.78, 5) is 15.8. The molecule has 0 saturated carbocycles. The van der Waals surface area contributed by atoms with Gasteiger partial charge >= 0.3 is 0 Å². The lowest BCUT2D eigenvalue weighted by Gasteiger charge is -2.10. The van der Waals surface area contributed by atoms with Crippen LogP contribution in [-0.4, -0.2) is 10.9 Å². The summed E-state index contributed by atoms with van der Waals surface area (Å²) >= 11 is 14.9. The number of rotatable bonds is 2. The first kappa shape index (κ1) is 14.2. The zero-order chi connectivity index (χ0) is 14.0. The van der Waals surface area contributed by atoms with Crippen LogP contribution in [0.3, 0.4) is 0 Å². The summed E-state index contributed by atoms with van der Waals surface area (Å²) in [6, 6.07) is 3.80. The lowest BCUT2D eigenvalue weighted by atomic mass is 10.2. The highest BCUT2D eigenvalue weighted by molar-refractivity contribution is 9.10. The van der Waals surface area contributed by atoms with Gasteiger partial charge < -0.3 is 5.32 Å². The summed E-state index contributed by atoms with van der Waals surface area (Å²) in [7, 11) is 0. The molecular weight excluding hydrogens is 358 g/mol. The van der Waals surface area contributed by atoms with E-state index in [9.17, 15) is 9.18 Å². The minimum atomic E-state index is -0.505. The van der Waals surface area contributed by atoms with Gasteiger partial charge in [-0.2, -0.15) is 0 Å². The fourth-order valence-corrected chi connectivity index (χ4v) is 2.48. The molecular formula is C12H6BrCl2FN2O. The number of nitrogens with zero attached hydrogens (tertiary/aromatic N) is 1. The number of carbonyl (C=O) groups is 1. The molecule has 1 heterocycles. The van der Waals surface area contributed by atoms with Gasteiger partial charge in [-0.25, -0.2) is 4.39 Å². The largest absolute Gasteiger partial charge is 0.320 e. The van der Waals surface area contributed by atoms with E-state index in [1.807, 2.05) is 0 Å². The fraction of sp³-hybridized carbons (Fsp3) is 0. The summed E-state index contributed by atoms with van der Waals surface area (Å²) in [6.07, 6.45) is 2.81. The monoisotopic (exact) mass is 362 g/mol. The molecule has 0 bridgehead atoms. The number of hydrogen-bond donors (Lipinski definition) is 1. The summed E-state index contributed by atoms with van der Waals surface area (Å²) in [5.41, 5.74) is 0.476. The third-order valence-electron chi connectivity index (χ3n) is 2.26. The Bertz CT molecular complexity index is 628. The maximum Gasteiger partial charge on any atom is 0.258 e. The van der Waals surface area contributed by atoms with Crippen molar-refractivity contribution < 1.29 is 9.18 Å². The average molecular weight is 364 g/mol. The zero-order valence-electron chi connectivity index (χ0n) is 9.25. The standard InChI is InChI=1S/C12H6BrCl2FN2O/c13-8-3-6(16)4-10(15)11(8)18-12(19)7-5-17-2-1-9(7)14/h1-5H,(H,18,19). The van der Waals surface area contributed by atoms with Crippen molar-refractivity contribution in [1.82, 2.24) is 4.98 Å². The van der Waals surface area contributed by atoms with Crippen molar-refractivity contribution in [2.24, 2.45) is 0 Å². The van der Waals surface area contributed by atoms with Gasteiger partial charge in [0, 0.05) is 16.9 Å². The number of benzene rings is 1. The third kappa shape index (κ3) is 3.23. The van der Waals surface area contributed by atoms with E-state index < -0.39 is 11.7 Å². The number of carbonyl (C=O) groups excluding carboxylic acids is 1. The van der Waals surface area contributed by atoms with Gasteiger partial charge in [0.2, 0.25) is 0 Å². The van der Waals surface area contributed by atoms with Gasteiger partial charge in [0.05, 0.1) is 21.3 Å². The molecule has 0 radical (unpaired) electrons. The molecule has 0 aliphatic rings. The van der Waals surface area contributed by atoms with E-state index >= 15 is 0 Å². The SMILES string of the molecule is O=C(Nc1c(Cl)cc(F)cc1Br)c1cnccc1Cl. The van der Waals surface area contributed by atoms with Crippen LogP contribution in [0.5, 0.6) is 0 Å². The molecule has 2 rings (SSSR count). The summed E-state index contributed by atoms with van der Waals surface area (Å²) in [5, 5.41) is 2.90. The Morgan fingerprint density at radius 3 is 2.68 bits per heavy atom. The summed E-state index contributed by atoms with van der Waals surface area (Å²) in [5.74, 6) is -0.985. The van der Waals surface area contributed by atoms with Crippen molar-refractivity contribution in [3.63, 3.8) is 0 Å². The Morgan fingerprint density at radius 2 is 2.05 bits per heavy atom. The molecule has 1 N–H and O–H groups in total. The molecule has 1 aromatic heterocycles. The normalized spacial score (nSPS) is 10.3. The minimum Gasteiger partial charge on any atom is -0.320 e. The highest BCUT2D eigenvalue weighted by Gasteiger charge is 2.15. The van der Waals surface area contributed by atoms with Crippen LogP contribution >= 0.6 is 39.1 Å². The van der Waals surface area contributed by atoms with Gasteiger partial charge in [0.25, 0.3) is 5.91 Å². The maximum absolute atomic E-state index is 13.1. The number of pyridine rings is 1. The molecule has 0 aliphatic heterocycles. The molecule has 1 aromatic carbocycles. The van der Waals surface area contributed by atoms with E-state index in [1.165, 1.54) is 24.5 Å². The van der Waals surface area contributed by atoms with Crippen molar-refractivity contribution in [2.45, 2.75) is 0 Å². The average Bonchev–Trinajstić information content (AvgIpc) is 2.34. The predicted molar refractivity (Wildman–Crippen MR) is 76.3 cm³/mol. The first-order chi connectivity index (χ1) is 8.99. The second-order valence-corrected chi connectivity index (χ2v) is 5.22. The highest BCUT2D eigenvalue weighted by Crippen LogP contribution is 2.32. The Labute approximate surface area is 126 Å². The molecule has 0 spiro atoms. The molecule has 19 heavy (non-hydrogen) atoms. The number of hydrogen-bond acceptors (Lipinski definition) is 2. The summed E-state index contributed by atoms with van der Waals surface area (Å²) < 4.78 is 13.4. The second kappa shape index (κ2) is 5.86. The third-order valence-corrected chi connectivity index (χ3v) is 3.51. The number of nitrogens with one attached hydrogen (secondary N) is 1. The van der Waals surface area contributed by atoms with Crippen molar-refractivity contribution in [3.05, 3.63) is 56.5 Å². The molecule has 7 heteroatoms. The van der Waals surface area contributed by atoms with E-state index in [0.29, 0.717) is 4.47 Å². The second-order valence-electron chi connectivity index (χ2n) is 3.55. The number of anilines is 1. The quantitative estimate of drug-likeness (QED) is 0.850. The minimum absolute atomic E-state index is 0.0836. The van der Waals surface area contributed by atoms with E-state index in [0.717, 1.165) is 6.07 Å². The molecule has 2 aromatic rings. The van der Waals surface area contributed by atoms with Gasteiger partial charge in [-0.3, -0.25) is 9.78 Å². The van der Waals surface area contributed by atoms with Crippen LogP contribution < -0.4 is 5.32 Å². The first-order valence-corrected chi connectivity index (χ1v) is 6.59. The van der Waals surface area contributed by atoms with Crippen molar-refractivity contribution in [3.8, 4) is 0 Å². The van der Waals surface area contributed by atoms with Crippen LogP contribution in [-0.2, 0) is 0 Å². The van der Waals surface area contributed by atoms with Crippen molar-refractivity contribution >= 4 is 50.7 Å². The Hall–Kier alpha value is -1.17. The van der Waals surface area contributed by atoms with E-state index in [-0.39, 0.29) is 21.3 Å². The molecule has 98 valence electrons. The Balaban J connectivity index is 2.32. The molecule has 3 nitrogen and oxygen atoms in total. The van der Waals surface area contributed by atoms with Gasteiger partial charge in [0.15, 0.2) is 0 Å². The van der Waals surface area contributed by atoms with Crippen LogP contribution in [0.4, 0.5) is 10.1 Å². The van der Waals surface area contributed by atoms with E-state index in [1.54, 1.807) is 0 Å². The molecule has 0 fully saturated rings. The van der Waals surface area contributed by atoms with Crippen LogP contribution in [0.1, 0.15) is 10.4 Å². The molecule has 0 saturated heterocycles. The van der Waals surface area contributed by atoms with Crippen molar-refractivity contribution in [2.75, 3.05) is 5.32 Å². The first-order valence-electron chi connectivity index (χ1n) is 5.04. The predicted octanol–water partition coefficient (Wildman–Crippen LogP) is 4.54. The lowest BCUT2D eigenvalue weighted by Crippen LogP contribution is -2.13. The number of amides is 1. The highest BCUT2D eigenvalue weighted by atomic mass is 79.9. The molecule has 0 atom stereocenters. The molecule has 0 aliphatic carbocycles. The Morgan fingerprint density at radius 1 is 1.32 bits per heavy atom. The van der Waals surface area contributed by atoms with Gasteiger partial charge in [0.1, 0.15) is 5.82 Å². The topological polar surface area (TPSA) is 42.0 Å². The fourth-order valence-electron chi connectivity index (χ4n) is 1.39. The van der Waals surface area contributed by atoms with Gasteiger partial charge in [-0.1, -0.05) is 23.2 Å². The summed E-state index contributed by atoms with van der Waals surface area (Å²) in [6.45, 7) is 0. The van der Waals surface area contributed by atoms with Crippen LogP contribution in [0, 0.1) is 5.82 Å². The smallest absolute Gasteiger partial charge is 0.258 e. The number of halogens is 4. The molecule has 1 amide bonds. The van der Waals surface area contributed by atoms with E-state index in [2.05, 4.69) is 26.2 Å². The van der Waals surface area contributed by atoms with Crippen LogP contribution in [0.25, 0.3) is 0 Å². The number of aromatic nitrogens is 1. The Kier molecular flexibility index (Phi) is 4.39. The maximum atomic E-state index is 13.1. The zero-order valence-corrected chi connectivity index (χ0v) is 12.4. The van der Waals surface area contributed by atoms with Crippen LogP contribution in [0.15, 0.2) is 35.1 Å². The van der Waals surface area contributed by atoms with Gasteiger partial charge in [-0.05, 0) is 34.1 Å². The van der Waals surface area contributed by atoms with Crippen molar-refractivity contribution in [1.29, 1.82) is 0 Å². The molecule has 0 unspecified atom stereocenters. The van der Waals surface area contributed by atoms with E-state index in [4.69, 9.17) is 23.2 Å². The van der Waals surface area contributed by atoms with Gasteiger partial charge in [-0.15, -0.1) is 0 Å².